The number of aromatic nitrogens is 1. The van der Waals surface area contributed by atoms with Gasteiger partial charge in [0, 0.05) is 17.5 Å². The van der Waals surface area contributed by atoms with Crippen LogP contribution in [0, 0.1) is 11.6 Å². The maximum Gasteiger partial charge on any atom is 0.267 e. The standard InChI is InChI=1S/C16H20F2N2OS/c1-22(2)5-3-11(4-6-22)19-16(21)15-9-12-13(18)7-10(17)8-14(12)20-15/h7-9,11,20H,3-6H2,1-2H3,(H,19,21). The van der Waals surface area contributed by atoms with Crippen molar-refractivity contribution in [3.63, 3.8) is 0 Å². The summed E-state index contributed by atoms with van der Waals surface area (Å²) in [7, 11) is -0.497. The van der Waals surface area contributed by atoms with Crippen molar-refractivity contribution in [1.82, 2.24) is 10.3 Å². The number of carbonyl (C=O) groups excluding carboxylic acids is 1. The van der Waals surface area contributed by atoms with E-state index in [1.54, 1.807) is 0 Å². The van der Waals surface area contributed by atoms with E-state index in [0.717, 1.165) is 30.4 Å². The molecule has 0 spiro atoms. The first kappa shape index (κ1) is 15.3. The minimum atomic E-state index is -0.659. The summed E-state index contributed by atoms with van der Waals surface area (Å²) in [6.07, 6.45) is 6.61. The molecule has 0 radical (unpaired) electrons. The van der Waals surface area contributed by atoms with Crippen LogP contribution in [0.2, 0.25) is 0 Å². The van der Waals surface area contributed by atoms with Crippen LogP contribution in [-0.2, 0) is 0 Å². The summed E-state index contributed by atoms with van der Waals surface area (Å²) >= 11 is 0. The Morgan fingerprint density at radius 3 is 2.59 bits per heavy atom. The topological polar surface area (TPSA) is 44.9 Å². The third-order valence-corrected chi connectivity index (χ3v) is 6.95. The highest BCUT2D eigenvalue weighted by Crippen LogP contribution is 2.44. The minimum absolute atomic E-state index is 0.168. The average molecular weight is 326 g/mol. The summed E-state index contributed by atoms with van der Waals surface area (Å²) in [5, 5.41) is 3.23. The van der Waals surface area contributed by atoms with E-state index >= 15 is 0 Å². The largest absolute Gasteiger partial charge is 0.350 e. The Kier molecular flexibility index (Phi) is 3.89. The molecule has 1 aromatic carbocycles. The number of fused-ring (bicyclic) bond motifs is 1. The lowest BCUT2D eigenvalue weighted by Crippen LogP contribution is -2.39. The van der Waals surface area contributed by atoms with E-state index in [4.69, 9.17) is 0 Å². The first-order valence-corrected chi connectivity index (χ1v) is 10.1. The van der Waals surface area contributed by atoms with Gasteiger partial charge >= 0.3 is 0 Å². The maximum atomic E-state index is 13.7. The summed E-state index contributed by atoms with van der Waals surface area (Å²) in [6, 6.07) is 3.63. The second kappa shape index (κ2) is 5.57. The number of H-pyrrole nitrogens is 1. The summed E-state index contributed by atoms with van der Waals surface area (Å²) in [4.78, 5) is 15.1. The molecule has 1 fully saturated rings. The zero-order valence-corrected chi connectivity index (χ0v) is 13.5. The lowest BCUT2D eigenvalue weighted by molar-refractivity contribution is 0.0930. The van der Waals surface area contributed by atoms with Crippen molar-refractivity contribution in [2.45, 2.75) is 18.9 Å². The molecule has 1 amide bonds. The van der Waals surface area contributed by atoms with Crippen molar-refractivity contribution in [3.05, 3.63) is 35.5 Å². The molecule has 3 rings (SSSR count). The van der Waals surface area contributed by atoms with Gasteiger partial charge in [0.05, 0.1) is 5.52 Å². The first-order chi connectivity index (χ1) is 10.3. The number of benzene rings is 1. The fourth-order valence-corrected chi connectivity index (χ4v) is 4.91. The Balaban J connectivity index is 1.74. The quantitative estimate of drug-likeness (QED) is 0.873. The first-order valence-electron chi connectivity index (χ1n) is 7.31. The van der Waals surface area contributed by atoms with Crippen molar-refractivity contribution >= 4 is 26.8 Å². The predicted molar refractivity (Wildman–Crippen MR) is 87.9 cm³/mol. The zero-order chi connectivity index (χ0) is 15.9. The van der Waals surface area contributed by atoms with Gasteiger partial charge in [0.15, 0.2) is 0 Å². The van der Waals surface area contributed by atoms with Gasteiger partial charge in [0.25, 0.3) is 5.91 Å². The number of hydrogen-bond donors (Lipinski definition) is 2. The van der Waals surface area contributed by atoms with Gasteiger partial charge in [-0.25, -0.2) is 18.8 Å². The molecule has 2 heterocycles. The van der Waals surface area contributed by atoms with Crippen LogP contribution in [0.3, 0.4) is 0 Å². The maximum absolute atomic E-state index is 13.7. The molecule has 2 aromatic rings. The van der Waals surface area contributed by atoms with Crippen LogP contribution in [-0.4, -0.2) is 41.0 Å². The minimum Gasteiger partial charge on any atom is -0.350 e. The van der Waals surface area contributed by atoms with Crippen LogP contribution in [0.4, 0.5) is 8.78 Å². The van der Waals surface area contributed by atoms with Crippen LogP contribution in [0.1, 0.15) is 23.3 Å². The Morgan fingerprint density at radius 1 is 1.23 bits per heavy atom. The number of amides is 1. The smallest absolute Gasteiger partial charge is 0.267 e. The summed E-state index contributed by atoms with van der Waals surface area (Å²) in [5.41, 5.74) is 0.577. The molecule has 0 unspecified atom stereocenters. The molecule has 1 saturated heterocycles. The Morgan fingerprint density at radius 2 is 1.91 bits per heavy atom. The van der Waals surface area contributed by atoms with Crippen molar-refractivity contribution in [2.24, 2.45) is 0 Å². The van der Waals surface area contributed by atoms with Gasteiger partial charge in [0.2, 0.25) is 0 Å². The van der Waals surface area contributed by atoms with E-state index in [2.05, 4.69) is 22.8 Å². The molecule has 1 aliphatic rings. The SMILES string of the molecule is CS1(C)CCC(NC(=O)c2cc3c(F)cc(F)cc3[nH]2)CC1. The van der Waals surface area contributed by atoms with Crippen molar-refractivity contribution in [3.8, 4) is 0 Å². The molecular formula is C16H20F2N2OS. The molecular weight excluding hydrogens is 306 g/mol. The summed E-state index contributed by atoms with van der Waals surface area (Å²) in [5.74, 6) is 0.745. The molecule has 6 heteroatoms. The third kappa shape index (κ3) is 3.11. The van der Waals surface area contributed by atoms with Crippen LogP contribution in [0.5, 0.6) is 0 Å². The number of halogens is 2. The van der Waals surface area contributed by atoms with Crippen LogP contribution >= 0.6 is 10.0 Å². The van der Waals surface area contributed by atoms with Gasteiger partial charge in [-0.05, 0) is 49.0 Å². The number of carbonyl (C=O) groups is 1. The van der Waals surface area contributed by atoms with Gasteiger partial charge < -0.3 is 10.3 Å². The predicted octanol–water partition coefficient (Wildman–Crippen LogP) is 3.40. The van der Waals surface area contributed by atoms with E-state index in [-0.39, 0.29) is 23.0 Å². The van der Waals surface area contributed by atoms with Gasteiger partial charge in [-0.15, -0.1) is 0 Å². The molecule has 1 aliphatic heterocycles. The van der Waals surface area contributed by atoms with E-state index in [0.29, 0.717) is 5.52 Å². The fourth-order valence-electron chi connectivity index (χ4n) is 2.86. The van der Waals surface area contributed by atoms with E-state index < -0.39 is 21.7 Å². The van der Waals surface area contributed by atoms with Crippen LogP contribution in [0.25, 0.3) is 10.9 Å². The molecule has 0 saturated carbocycles. The van der Waals surface area contributed by atoms with Crippen LogP contribution in [0.15, 0.2) is 18.2 Å². The Labute approximate surface area is 129 Å². The molecule has 2 N–H and O–H groups in total. The van der Waals surface area contributed by atoms with E-state index in [9.17, 15) is 13.6 Å². The number of nitrogens with one attached hydrogen (secondary N) is 2. The van der Waals surface area contributed by atoms with E-state index in [1.807, 2.05) is 0 Å². The number of rotatable bonds is 2. The molecule has 0 aliphatic carbocycles. The van der Waals surface area contributed by atoms with Gasteiger partial charge in [-0.1, -0.05) is 0 Å². The molecule has 1 aromatic heterocycles. The highest BCUT2D eigenvalue weighted by Gasteiger charge is 2.25. The normalized spacial score (nSPS) is 20.0. The number of aromatic amines is 1. The van der Waals surface area contributed by atoms with Crippen molar-refractivity contribution in [2.75, 3.05) is 24.0 Å². The molecule has 3 nitrogen and oxygen atoms in total. The molecule has 120 valence electrons. The van der Waals surface area contributed by atoms with Gasteiger partial charge in [-0.3, -0.25) is 4.79 Å². The van der Waals surface area contributed by atoms with Gasteiger partial charge in [-0.2, -0.15) is 0 Å². The van der Waals surface area contributed by atoms with Gasteiger partial charge in [0.1, 0.15) is 17.3 Å². The van der Waals surface area contributed by atoms with Crippen molar-refractivity contribution in [1.29, 1.82) is 0 Å². The summed E-state index contributed by atoms with van der Waals surface area (Å²) in [6.45, 7) is 0. The monoisotopic (exact) mass is 326 g/mol. The Hall–Kier alpha value is -1.56. The average Bonchev–Trinajstić information content (AvgIpc) is 2.85. The zero-order valence-electron chi connectivity index (χ0n) is 12.7. The second-order valence-electron chi connectivity index (χ2n) is 6.45. The molecule has 0 bridgehead atoms. The Bertz CT molecular complexity index is 716. The fraction of sp³-hybridized carbons (Fsp3) is 0.438. The van der Waals surface area contributed by atoms with Crippen LogP contribution < -0.4 is 5.32 Å². The summed E-state index contributed by atoms with van der Waals surface area (Å²) < 4.78 is 26.9. The van der Waals surface area contributed by atoms with Crippen molar-refractivity contribution < 1.29 is 13.6 Å². The van der Waals surface area contributed by atoms with E-state index in [1.165, 1.54) is 12.1 Å². The lowest BCUT2D eigenvalue weighted by atomic mass is 10.1. The highest BCUT2D eigenvalue weighted by molar-refractivity contribution is 8.32. The number of hydrogen-bond acceptors (Lipinski definition) is 1. The molecule has 0 atom stereocenters. The highest BCUT2D eigenvalue weighted by atomic mass is 32.3. The lowest BCUT2D eigenvalue weighted by Gasteiger charge is -2.39. The second-order valence-corrected chi connectivity index (χ2v) is 10.8. The molecule has 22 heavy (non-hydrogen) atoms. The third-order valence-electron chi connectivity index (χ3n) is 4.27.